The topological polar surface area (TPSA) is 51.0 Å². The lowest BCUT2D eigenvalue weighted by Gasteiger charge is -2.17. The van der Waals surface area contributed by atoms with E-state index in [-0.39, 0.29) is 5.54 Å². The molecule has 1 N–H and O–H groups in total. The predicted octanol–water partition coefficient (Wildman–Crippen LogP) is 2.16. The van der Waals surface area contributed by atoms with Crippen molar-refractivity contribution in [2.75, 3.05) is 5.32 Å². The van der Waals surface area contributed by atoms with E-state index in [2.05, 4.69) is 36.2 Å². The molecule has 0 saturated heterocycles. The molecule has 1 aromatic rings. The highest BCUT2D eigenvalue weighted by Gasteiger charge is 2.29. The SMILES string of the molecule is CC(C)(C)Nc1nc(C2CC2)no1. The number of nitrogens with one attached hydrogen (secondary N) is 1. The van der Waals surface area contributed by atoms with E-state index in [0.29, 0.717) is 11.9 Å². The Hall–Kier alpha value is -1.06. The molecule has 13 heavy (non-hydrogen) atoms. The molecule has 0 radical (unpaired) electrons. The molecule has 0 atom stereocenters. The molecule has 0 aliphatic heterocycles. The van der Waals surface area contributed by atoms with Gasteiger partial charge in [-0.3, -0.25) is 0 Å². The third-order valence-corrected chi connectivity index (χ3v) is 1.87. The molecule has 4 nitrogen and oxygen atoms in total. The molecule has 1 aliphatic carbocycles. The van der Waals surface area contributed by atoms with Gasteiger partial charge >= 0.3 is 6.01 Å². The van der Waals surface area contributed by atoms with Crippen molar-refractivity contribution in [2.45, 2.75) is 45.1 Å². The molecule has 1 saturated carbocycles. The third kappa shape index (κ3) is 2.20. The Labute approximate surface area is 77.7 Å². The zero-order valence-corrected chi connectivity index (χ0v) is 8.29. The Kier molecular flexibility index (Phi) is 1.78. The van der Waals surface area contributed by atoms with Crippen LogP contribution in [-0.4, -0.2) is 15.7 Å². The average molecular weight is 181 g/mol. The Bertz CT molecular complexity index is 296. The van der Waals surface area contributed by atoms with Gasteiger partial charge in [0.1, 0.15) is 0 Å². The van der Waals surface area contributed by atoms with E-state index in [9.17, 15) is 0 Å². The molecule has 0 unspecified atom stereocenters. The van der Waals surface area contributed by atoms with Crippen LogP contribution in [0.4, 0.5) is 6.01 Å². The number of nitrogens with zero attached hydrogens (tertiary/aromatic N) is 2. The van der Waals surface area contributed by atoms with E-state index < -0.39 is 0 Å². The fourth-order valence-corrected chi connectivity index (χ4v) is 1.11. The maximum absolute atomic E-state index is 5.07. The van der Waals surface area contributed by atoms with Crippen LogP contribution < -0.4 is 5.32 Å². The van der Waals surface area contributed by atoms with Crippen LogP contribution in [0.15, 0.2) is 4.52 Å². The summed E-state index contributed by atoms with van der Waals surface area (Å²) in [6.45, 7) is 6.19. The minimum Gasteiger partial charge on any atom is -0.333 e. The van der Waals surface area contributed by atoms with Crippen molar-refractivity contribution in [2.24, 2.45) is 0 Å². The number of hydrogen-bond acceptors (Lipinski definition) is 4. The second-order valence-corrected chi connectivity index (χ2v) is 4.61. The lowest BCUT2D eigenvalue weighted by molar-refractivity contribution is 0.412. The van der Waals surface area contributed by atoms with Crippen molar-refractivity contribution < 1.29 is 4.52 Å². The zero-order valence-electron chi connectivity index (χ0n) is 8.29. The standard InChI is InChI=1S/C9H15N3O/c1-9(2,3)11-8-10-7(12-13-8)6-4-5-6/h6H,4-5H2,1-3H3,(H,10,11,12). The second-order valence-electron chi connectivity index (χ2n) is 4.61. The highest BCUT2D eigenvalue weighted by Crippen LogP contribution is 2.38. The summed E-state index contributed by atoms with van der Waals surface area (Å²) >= 11 is 0. The molecular formula is C9H15N3O. The highest BCUT2D eigenvalue weighted by molar-refractivity contribution is 5.24. The first kappa shape index (κ1) is 8.53. The van der Waals surface area contributed by atoms with Gasteiger partial charge in [0.15, 0.2) is 5.82 Å². The minimum atomic E-state index is -0.0205. The summed E-state index contributed by atoms with van der Waals surface area (Å²) in [6.07, 6.45) is 2.41. The van der Waals surface area contributed by atoms with Crippen molar-refractivity contribution in [1.82, 2.24) is 10.1 Å². The lowest BCUT2D eigenvalue weighted by atomic mass is 10.1. The molecule has 1 heterocycles. The van der Waals surface area contributed by atoms with Crippen molar-refractivity contribution in [1.29, 1.82) is 0 Å². The maximum Gasteiger partial charge on any atom is 0.321 e. The van der Waals surface area contributed by atoms with Gasteiger partial charge in [-0.1, -0.05) is 5.16 Å². The van der Waals surface area contributed by atoms with E-state index in [1.165, 1.54) is 12.8 Å². The molecule has 72 valence electrons. The Morgan fingerprint density at radius 1 is 1.38 bits per heavy atom. The van der Waals surface area contributed by atoms with E-state index >= 15 is 0 Å². The third-order valence-electron chi connectivity index (χ3n) is 1.87. The van der Waals surface area contributed by atoms with Crippen LogP contribution in [0.5, 0.6) is 0 Å². The summed E-state index contributed by atoms with van der Waals surface area (Å²) in [6, 6.07) is 0.536. The van der Waals surface area contributed by atoms with Gasteiger partial charge in [0.25, 0.3) is 0 Å². The van der Waals surface area contributed by atoms with Gasteiger partial charge in [0.2, 0.25) is 0 Å². The summed E-state index contributed by atoms with van der Waals surface area (Å²) in [5.41, 5.74) is -0.0205. The van der Waals surface area contributed by atoms with Crippen LogP contribution in [0.25, 0.3) is 0 Å². The fourth-order valence-electron chi connectivity index (χ4n) is 1.11. The van der Waals surface area contributed by atoms with Crippen LogP contribution in [0.2, 0.25) is 0 Å². The van der Waals surface area contributed by atoms with Gasteiger partial charge in [0.05, 0.1) is 0 Å². The summed E-state index contributed by atoms with van der Waals surface area (Å²) in [7, 11) is 0. The van der Waals surface area contributed by atoms with Crippen LogP contribution in [0.3, 0.4) is 0 Å². The Balaban J connectivity index is 2.04. The van der Waals surface area contributed by atoms with Gasteiger partial charge < -0.3 is 9.84 Å². The first-order chi connectivity index (χ1) is 6.04. The Morgan fingerprint density at radius 2 is 2.08 bits per heavy atom. The van der Waals surface area contributed by atoms with Gasteiger partial charge in [-0.2, -0.15) is 4.98 Å². The van der Waals surface area contributed by atoms with Crippen LogP contribution in [-0.2, 0) is 0 Å². The number of hydrogen-bond donors (Lipinski definition) is 1. The number of aromatic nitrogens is 2. The summed E-state index contributed by atoms with van der Waals surface area (Å²) in [4.78, 5) is 4.27. The maximum atomic E-state index is 5.07. The minimum absolute atomic E-state index is 0.0205. The second kappa shape index (κ2) is 2.72. The summed E-state index contributed by atoms with van der Waals surface area (Å²) in [5.74, 6) is 1.41. The van der Waals surface area contributed by atoms with Crippen LogP contribution in [0, 0.1) is 0 Å². The molecule has 0 amide bonds. The Morgan fingerprint density at radius 3 is 2.62 bits per heavy atom. The van der Waals surface area contributed by atoms with E-state index in [0.717, 1.165) is 5.82 Å². The van der Waals surface area contributed by atoms with Crippen molar-refractivity contribution in [3.63, 3.8) is 0 Å². The lowest BCUT2D eigenvalue weighted by Crippen LogP contribution is -2.26. The summed E-state index contributed by atoms with van der Waals surface area (Å²) < 4.78 is 5.07. The quantitative estimate of drug-likeness (QED) is 0.759. The fraction of sp³-hybridized carbons (Fsp3) is 0.778. The molecule has 0 aromatic carbocycles. The largest absolute Gasteiger partial charge is 0.333 e. The van der Waals surface area contributed by atoms with E-state index in [4.69, 9.17) is 4.52 Å². The van der Waals surface area contributed by atoms with Gasteiger partial charge in [-0.05, 0) is 33.6 Å². The monoisotopic (exact) mass is 181 g/mol. The molecule has 0 spiro atoms. The van der Waals surface area contributed by atoms with Crippen molar-refractivity contribution in [3.05, 3.63) is 5.82 Å². The van der Waals surface area contributed by atoms with Crippen LogP contribution in [0.1, 0.15) is 45.4 Å². The molecule has 1 aromatic heterocycles. The van der Waals surface area contributed by atoms with Gasteiger partial charge in [0, 0.05) is 11.5 Å². The molecule has 0 bridgehead atoms. The molecule has 1 aliphatic rings. The first-order valence-electron chi connectivity index (χ1n) is 4.66. The van der Waals surface area contributed by atoms with E-state index in [1.54, 1.807) is 0 Å². The molecular weight excluding hydrogens is 166 g/mol. The van der Waals surface area contributed by atoms with Crippen molar-refractivity contribution >= 4 is 6.01 Å². The predicted molar refractivity (Wildman–Crippen MR) is 49.6 cm³/mol. The smallest absolute Gasteiger partial charge is 0.321 e. The highest BCUT2D eigenvalue weighted by atomic mass is 16.5. The first-order valence-corrected chi connectivity index (χ1v) is 4.66. The zero-order chi connectivity index (χ0) is 9.47. The number of anilines is 1. The summed E-state index contributed by atoms with van der Waals surface area (Å²) in [5, 5.41) is 7.06. The molecule has 4 heteroatoms. The van der Waals surface area contributed by atoms with Crippen LogP contribution >= 0.6 is 0 Å². The van der Waals surface area contributed by atoms with Gasteiger partial charge in [-0.15, -0.1) is 0 Å². The molecule has 2 rings (SSSR count). The average Bonchev–Trinajstić information content (AvgIpc) is 2.72. The normalized spacial score (nSPS) is 17.5. The number of rotatable bonds is 2. The van der Waals surface area contributed by atoms with E-state index in [1.807, 2.05) is 0 Å². The molecule has 1 fully saturated rings. The van der Waals surface area contributed by atoms with Gasteiger partial charge in [-0.25, -0.2) is 0 Å². The van der Waals surface area contributed by atoms with Crippen molar-refractivity contribution in [3.8, 4) is 0 Å².